The lowest BCUT2D eigenvalue weighted by Gasteiger charge is -2.05. The molecule has 0 saturated heterocycles. The first-order valence-electron chi connectivity index (χ1n) is 5.76. The molecule has 0 amide bonds. The molecule has 0 unspecified atom stereocenters. The number of nitrogens with zero attached hydrogens (tertiary/aromatic N) is 4. The van der Waals surface area contributed by atoms with Gasteiger partial charge in [-0.1, -0.05) is 0 Å². The Hall–Kier alpha value is -2.43. The largest absolute Gasteiger partial charge is 0.380 e. The lowest BCUT2D eigenvalue weighted by molar-refractivity contribution is 0.895. The van der Waals surface area contributed by atoms with Crippen LogP contribution in [0, 0.1) is 6.92 Å². The maximum absolute atomic E-state index is 4.36. The van der Waals surface area contributed by atoms with Crippen LogP contribution in [0.1, 0.15) is 11.3 Å². The monoisotopic (exact) mass is 239 g/mol. The van der Waals surface area contributed by atoms with Crippen LogP contribution in [-0.2, 0) is 6.54 Å². The molecule has 0 aliphatic heterocycles. The second kappa shape index (κ2) is 4.44. The zero-order chi connectivity index (χ0) is 12.4. The number of anilines is 1. The van der Waals surface area contributed by atoms with Crippen LogP contribution in [0.25, 0.3) is 5.65 Å². The lowest BCUT2D eigenvalue weighted by atomic mass is 10.3. The molecule has 3 heterocycles. The number of pyridine rings is 1. The van der Waals surface area contributed by atoms with Crippen molar-refractivity contribution in [1.82, 2.24) is 19.6 Å². The van der Waals surface area contributed by atoms with Gasteiger partial charge in [0.15, 0.2) is 5.65 Å². The number of hydrogen-bond donors (Lipinski definition) is 1. The number of fused-ring (bicyclic) bond motifs is 1. The van der Waals surface area contributed by atoms with Gasteiger partial charge < -0.3 is 5.32 Å². The van der Waals surface area contributed by atoms with E-state index in [1.807, 2.05) is 37.5 Å². The van der Waals surface area contributed by atoms with E-state index in [1.165, 1.54) is 0 Å². The van der Waals surface area contributed by atoms with Crippen LogP contribution in [0.15, 0.2) is 43.0 Å². The van der Waals surface area contributed by atoms with Crippen molar-refractivity contribution in [2.45, 2.75) is 13.5 Å². The molecule has 1 N–H and O–H groups in total. The first-order valence-corrected chi connectivity index (χ1v) is 5.76. The van der Waals surface area contributed by atoms with Gasteiger partial charge in [-0.15, -0.1) is 0 Å². The summed E-state index contributed by atoms with van der Waals surface area (Å²) in [7, 11) is 0. The highest BCUT2D eigenvalue weighted by molar-refractivity contribution is 5.42. The molecule has 0 radical (unpaired) electrons. The molecule has 0 bridgehead atoms. The topological polar surface area (TPSA) is 55.1 Å². The summed E-state index contributed by atoms with van der Waals surface area (Å²) in [6.45, 7) is 2.66. The minimum absolute atomic E-state index is 0.702. The van der Waals surface area contributed by atoms with Gasteiger partial charge in [0.2, 0.25) is 0 Å². The molecule has 90 valence electrons. The van der Waals surface area contributed by atoms with E-state index >= 15 is 0 Å². The molecule has 5 heteroatoms. The summed E-state index contributed by atoms with van der Waals surface area (Å²) in [5.74, 6) is 0. The molecule has 0 fully saturated rings. The number of hydrogen-bond acceptors (Lipinski definition) is 4. The van der Waals surface area contributed by atoms with Crippen molar-refractivity contribution in [3.05, 3.63) is 54.2 Å². The summed E-state index contributed by atoms with van der Waals surface area (Å²) in [5.41, 5.74) is 3.92. The van der Waals surface area contributed by atoms with Crippen LogP contribution in [0.2, 0.25) is 0 Å². The first-order chi connectivity index (χ1) is 8.81. The predicted octanol–water partition coefficient (Wildman–Crippen LogP) is 2.04. The number of aromatic nitrogens is 4. The highest BCUT2D eigenvalue weighted by atomic mass is 15.2. The molecular weight excluding hydrogens is 226 g/mol. The number of aryl methyl sites for hydroxylation is 1. The maximum atomic E-state index is 4.36. The summed E-state index contributed by atoms with van der Waals surface area (Å²) < 4.78 is 1.80. The summed E-state index contributed by atoms with van der Waals surface area (Å²) in [6, 6.07) is 5.84. The van der Waals surface area contributed by atoms with E-state index in [4.69, 9.17) is 0 Å². The first kappa shape index (κ1) is 10.7. The maximum Gasteiger partial charge on any atom is 0.155 e. The fraction of sp³-hybridized carbons (Fsp3) is 0.154. The molecule has 0 aliphatic rings. The quantitative estimate of drug-likeness (QED) is 0.760. The zero-order valence-corrected chi connectivity index (χ0v) is 10.0. The fourth-order valence-corrected chi connectivity index (χ4v) is 1.80. The molecule has 3 aromatic rings. The van der Waals surface area contributed by atoms with Crippen molar-refractivity contribution in [3.63, 3.8) is 0 Å². The number of nitrogens with one attached hydrogen (secondary N) is 1. The third kappa shape index (κ3) is 2.15. The minimum atomic E-state index is 0.702. The van der Waals surface area contributed by atoms with E-state index in [-0.39, 0.29) is 0 Å². The molecule has 3 rings (SSSR count). The second-order valence-corrected chi connectivity index (χ2v) is 4.15. The van der Waals surface area contributed by atoms with Gasteiger partial charge in [0, 0.05) is 43.0 Å². The molecule has 5 nitrogen and oxygen atoms in total. The standard InChI is InChI=1S/C13H13N5/c1-10-5-13-16-7-11(9-18(13)17-10)6-15-12-3-2-4-14-8-12/h2-5,7-9,15H,6H2,1H3. The zero-order valence-electron chi connectivity index (χ0n) is 10.0. The Morgan fingerprint density at radius 1 is 1.33 bits per heavy atom. The Kier molecular flexibility index (Phi) is 2.64. The lowest BCUT2D eigenvalue weighted by Crippen LogP contribution is -2.02. The van der Waals surface area contributed by atoms with E-state index in [9.17, 15) is 0 Å². The molecule has 0 spiro atoms. The van der Waals surface area contributed by atoms with Gasteiger partial charge in [-0.05, 0) is 19.1 Å². The van der Waals surface area contributed by atoms with Crippen molar-refractivity contribution in [2.75, 3.05) is 5.32 Å². The van der Waals surface area contributed by atoms with Crippen LogP contribution in [-0.4, -0.2) is 19.6 Å². The van der Waals surface area contributed by atoms with Crippen molar-refractivity contribution in [1.29, 1.82) is 0 Å². The van der Waals surface area contributed by atoms with Crippen molar-refractivity contribution in [3.8, 4) is 0 Å². The SMILES string of the molecule is Cc1cc2ncc(CNc3cccnc3)cn2n1. The van der Waals surface area contributed by atoms with Crippen LogP contribution in [0.3, 0.4) is 0 Å². The van der Waals surface area contributed by atoms with E-state index < -0.39 is 0 Å². The average Bonchev–Trinajstić information content (AvgIpc) is 2.77. The normalized spacial score (nSPS) is 10.7. The molecule has 0 atom stereocenters. The van der Waals surface area contributed by atoms with E-state index in [1.54, 1.807) is 16.9 Å². The van der Waals surface area contributed by atoms with E-state index in [0.717, 1.165) is 22.6 Å². The Labute approximate surface area is 105 Å². The van der Waals surface area contributed by atoms with Gasteiger partial charge in [-0.3, -0.25) is 4.98 Å². The number of rotatable bonds is 3. The molecule has 0 aliphatic carbocycles. The van der Waals surface area contributed by atoms with E-state index in [0.29, 0.717) is 6.54 Å². The molecule has 0 aromatic carbocycles. The fourth-order valence-electron chi connectivity index (χ4n) is 1.80. The Bertz CT molecular complexity index is 659. The molecule has 18 heavy (non-hydrogen) atoms. The van der Waals surface area contributed by atoms with Crippen LogP contribution in [0.5, 0.6) is 0 Å². The van der Waals surface area contributed by atoms with Crippen LogP contribution < -0.4 is 5.32 Å². The van der Waals surface area contributed by atoms with Crippen molar-refractivity contribution >= 4 is 11.3 Å². The third-order valence-electron chi connectivity index (χ3n) is 2.65. The summed E-state index contributed by atoms with van der Waals surface area (Å²) in [6.07, 6.45) is 7.40. The molecule has 0 saturated carbocycles. The average molecular weight is 239 g/mol. The minimum Gasteiger partial charge on any atom is -0.380 e. The summed E-state index contributed by atoms with van der Waals surface area (Å²) in [4.78, 5) is 8.41. The van der Waals surface area contributed by atoms with Gasteiger partial charge in [0.05, 0.1) is 11.4 Å². The van der Waals surface area contributed by atoms with E-state index in [2.05, 4.69) is 20.4 Å². The van der Waals surface area contributed by atoms with Crippen LogP contribution >= 0.6 is 0 Å². The van der Waals surface area contributed by atoms with Gasteiger partial charge >= 0.3 is 0 Å². The van der Waals surface area contributed by atoms with Gasteiger partial charge in [0.25, 0.3) is 0 Å². The summed E-state index contributed by atoms with van der Waals surface area (Å²) >= 11 is 0. The van der Waals surface area contributed by atoms with Gasteiger partial charge in [-0.25, -0.2) is 9.50 Å². The van der Waals surface area contributed by atoms with Crippen molar-refractivity contribution in [2.24, 2.45) is 0 Å². The highest BCUT2D eigenvalue weighted by Gasteiger charge is 2.00. The smallest absolute Gasteiger partial charge is 0.155 e. The summed E-state index contributed by atoms with van der Waals surface area (Å²) in [5, 5.41) is 7.63. The second-order valence-electron chi connectivity index (χ2n) is 4.15. The van der Waals surface area contributed by atoms with Gasteiger partial charge in [0.1, 0.15) is 0 Å². The molecular formula is C13H13N5. The Morgan fingerprint density at radius 3 is 3.11 bits per heavy atom. The third-order valence-corrected chi connectivity index (χ3v) is 2.65. The highest BCUT2D eigenvalue weighted by Crippen LogP contribution is 2.08. The van der Waals surface area contributed by atoms with Crippen LogP contribution in [0.4, 0.5) is 5.69 Å². The Balaban J connectivity index is 1.78. The predicted molar refractivity (Wildman–Crippen MR) is 69.3 cm³/mol. The van der Waals surface area contributed by atoms with Crippen molar-refractivity contribution < 1.29 is 0 Å². The molecule has 3 aromatic heterocycles. The van der Waals surface area contributed by atoms with Gasteiger partial charge in [-0.2, -0.15) is 5.10 Å². The Morgan fingerprint density at radius 2 is 2.28 bits per heavy atom.